The Labute approximate surface area is 102 Å². The normalized spacial score (nSPS) is 12.6. The van der Waals surface area contributed by atoms with Crippen molar-refractivity contribution >= 4 is 11.5 Å². The molecule has 0 amide bonds. The van der Waals surface area contributed by atoms with Crippen molar-refractivity contribution < 1.29 is 8.78 Å². The average Bonchev–Trinajstić information content (AvgIpc) is 2.84. The van der Waals surface area contributed by atoms with Crippen molar-refractivity contribution in [2.45, 2.75) is 12.5 Å². The van der Waals surface area contributed by atoms with Gasteiger partial charge < -0.3 is 5.32 Å². The second-order valence-corrected chi connectivity index (χ2v) is 4.43. The minimum absolute atomic E-state index is 0.0138. The highest BCUT2D eigenvalue weighted by Crippen LogP contribution is 2.20. The molecule has 0 bridgehead atoms. The molecule has 1 N–H and O–H groups in total. The maximum absolute atomic E-state index is 13.1. The zero-order chi connectivity index (χ0) is 12.3. The molecule has 0 aliphatic carbocycles. The van der Waals surface area contributed by atoms with Gasteiger partial charge in [0.05, 0.1) is 11.1 Å². The Morgan fingerprint density at radius 1 is 1.35 bits per heavy atom. The monoisotopic (exact) mass is 255 g/mol. The summed E-state index contributed by atoms with van der Waals surface area (Å²) in [6.07, 6.45) is 2.24. The quantitative estimate of drug-likeness (QED) is 0.911. The molecule has 1 heterocycles. The van der Waals surface area contributed by atoms with Crippen LogP contribution in [0.25, 0.3) is 0 Å². The van der Waals surface area contributed by atoms with Gasteiger partial charge in [0.25, 0.3) is 0 Å². The fourth-order valence-electron chi connectivity index (χ4n) is 1.58. The third-order valence-electron chi connectivity index (χ3n) is 2.49. The van der Waals surface area contributed by atoms with Gasteiger partial charge in [-0.25, -0.2) is 8.78 Å². The molecule has 0 saturated heterocycles. The summed E-state index contributed by atoms with van der Waals surface area (Å²) in [5.74, 6) is -1.64. The van der Waals surface area contributed by atoms with E-state index in [4.69, 9.17) is 0 Å². The fourth-order valence-corrected chi connectivity index (χ4v) is 2.19. The molecule has 0 spiro atoms. The van der Waals surface area contributed by atoms with Crippen molar-refractivity contribution in [2.24, 2.45) is 0 Å². The lowest BCUT2D eigenvalue weighted by atomic mass is 10.1. The van der Waals surface area contributed by atoms with Crippen LogP contribution in [0.3, 0.4) is 0 Å². The molecular weight excluding hydrogens is 244 g/mol. The first kappa shape index (κ1) is 12.1. The maximum atomic E-state index is 13.1. The maximum Gasteiger partial charge on any atom is 0.159 e. The van der Waals surface area contributed by atoms with Crippen LogP contribution in [-0.4, -0.2) is 16.6 Å². The van der Waals surface area contributed by atoms with Crippen molar-refractivity contribution in [3.63, 3.8) is 0 Å². The SMILES string of the molecule is CNC(Cc1ccc(F)c(F)c1)c1cnns1. The molecule has 1 unspecified atom stereocenters. The highest BCUT2D eigenvalue weighted by Gasteiger charge is 2.13. The number of nitrogens with zero attached hydrogens (tertiary/aromatic N) is 2. The van der Waals surface area contributed by atoms with E-state index in [0.717, 1.165) is 16.5 Å². The topological polar surface area (TPSA) is 37.8 Å². The zero-order valence-electron chi connectivity index (χ0n) is 9.15. The Morgan fingerprint density at radius 3 is 2.76 bits per heavy atom. The van der Waals surface area contributed by atoms with Gasteiger partial charge in [0.2, 0.25) is 0 Å². The van der Waals surface area contributed by atoms with Crippen LogP contribution in [-0.2, 0) is 6.42 Å². The molecule has 1 aromatic carbocycles. The number of halogens is 2. The summed E-state index contributed by atoms with van der Waals surface area (Å²) >= 11 is 1.29. The molecule has 2 aromatic rings. The number of hydrogen-bond acceptors (Lipinski definition) is 4. The van der Waals surface area contributed by atoms with Gasteiger partial charge in [-0.1, -0.05) is 10.6 Å². The third kappa shape index (κ3) is 2.83. The van der Waals surface area contributed by atoms with Gasteiger partial charge in [-0.2, -0.15) is 0 Å². The van der Waals surface area contributed by atoms with Crippen LogP contribution in [0.1, 0.15) is 16.5 Å². The Kier molecular flexibility index (Phi) is 3.75. The van der Waals surface area contributed by atoms with E-state index in [0.29, 0.717) is 6.42 Å². The number of aromatic nitrogens is 2. The van der Waals surface area contributed by atoms with E-state index >= 15 is 0 Å². The Balaban J connectivity index is 2.16. The van der Waals surface area contributed by atoms with E-state index in [2.05, 4.69) is 14.9 Å². The van der Waals surface area contributed by atoms with Gasteiger partial charge in [0.1, 0.15) is 0 Å². The smallest absolute Gasteiger partial charge is 0.159 e. The predicted molar refractivity (Wildman–Crippen MR) is 61.8 cm³/mol. The van der Waals surface area contributed by atoms with Gasteiger partial charge >= 0.3 is 0 Å². The summed E-state index contributed by atoms with van der Waals surface area (Å²) in [5.41, 5.74) is 0.733. The molecule has 0 aliphatic heterocycles. The van der Waals surface area contributed by atoms with E-state index in [-0.39, 0.29) is 6.04 Å². The lowest BCUT2D eigenvalue weighted by molar-refractivity contribution is 0.505. The average molecular weight is 255 g/mol. The first-order chi connectivity index (χ1) is 8.20. The Hall–Kier alpha value is -1.40. The molecule has 1 aromatic heterocycles. The van der Waals surface area contributed by atoms with Crippen LogP contribution >= 0.6 is 11.5 Å². The molecule has 0 fully saturated rings. The summed E-state index contributed by atoms with van der Waals surface area (Å²) in [7, 11) is 1.81. The first-order valence-corrected chi connectivity index (χ1v) is 5.86. The second kappa shape index (κ2) is 5.29. The zero-order valence-corrected chi connectivity index (χ0v) is 9.97. The van der Waals surface area contributed by atoms with Crippen molar-refractivity contribution in [3.05, 3.63) is 46.5 Å². The van der Waals surface area contributed by atoms with E-state index in [9.17, 15) is 8.78 Å². The molecule has 6 heteroatoms. The van der Waals surface area contributed by atoms with E-state index in [1.807, 2.05) is 7.05 Å². The molecule has 0 radical (unpaired) electrons. The van der Waals surface area contributed by atoms with Crippen LogP contribution in [0.15, 0.2) is 24.4 Å². The van der Waals surface area contributed by atoms with Gasteiger partial charge in [-0.3, -0.25) is 0 Å². The van der Waals surface area contributed by atoms with E-state index < -0.39 is 11.6 Å². The Bertz CT molecular complexity index is 487. The van der Waals surface area contributed by atoms with Crippen LogP contribution < -0.4 is 5.32 Å². The molecule has 17 heavy (non-hydrogen) atoms. The number of hydrogen-bond donors (Lipinski definition) is 1. The molecule has 0 saturated carbocycles. The van der Waals surface area contributed by atoms with Crippen LogP contribution in [0.2, 0.25) is 0 Å². The van der Waals surface area contributed by atoms with Gasteiger partial charge in [-0.05, 0) is 42.7 Å². The number of likely N-dealkylation sites (N-methyl/N-ethyl adjacent to an activating group) is 1. The number of benzene rings is 1. The van der Waals surface area contributed by atoms with Crippen LogP contribution in [0.4, 0.5) is 8.78 Å². The Morgan fingerprint density at radius 2 is 2.18 bits per heavy atom. The predicted octanol–water partition coefficient (Wildman–Crippen LogP) is 2.32. The standard InChI is InChI=1S/C11H11F2N3S/c1-14-10(11-6-15-16-17-11)5-7-2-3-8(12)9(13)4-7/h2-4,6,10,14H,5H2,1H3. The van der Waals surface area contributed by atoms with Gasteiger partial charge in [0, 0.05) is 6.04 Å². The largest absolute Gasteiger partial charge is 0.312 e. The lowest BCUT2D eigenvalue weighted by Crippen LogP contribution is -2.17. The van der Waals surface area contributed by atoms with Crippen molar-refractivity contribution in [2.75, 3.05) is 7.05 Å². The number of nitrogens with one attached hydrogen (secondary N) is 1. The molecule has 0 aliphatic rings. The summed E-state index contributed by atoms with van der Waals surface area (Å²) in [4.78, 5) is 0.970. The molecule has 90 valence electrons. The molecular formula is C11H11F2N3S. The molecule has 2 rings (SSSR count). The second-order valence-electron chi connectivity index (χ2n) is 3.61. The van der Waals surface area contributed by atoms with Crippen LogP contribution in [0, 0.1) is 11.6 Å². The van der Waals surface area contributed by atoms with E-state index in [1.165, 1.54) is 17.6 Å². The molecule has 1 atom stereocenters. The lowest BCUT2D eigenvalue weighted by Gasteiger charge is -2.13. The summed E-state index contributed by atoms with van der Waals surface area (Å²) in [6, 6.07) is 3.95. The third-order valence-corrected chi connectivity index (χ3v) is 3.27. The van der Waals surface area contributed by atoms with Crippen molar-refractivity contribution in [1.29, 1.82) is 0 Å². The van der Waals surface area contributed by atoms with Gasteiger partial charge in [-0.15, -0.1) is 5.10 Å². The number of rotatable bonds is 4. The summed E-state index contributed by atoms with van der Waals surface area (Å²) in [6.45, 7) is 0. The van der Waals surface area contributed by atoms with Gasteiger partial charge in [0.15, 0.2) is 11.6 Å². The summed E-state index contributed by atoms with van der Waals surface area (Å²) < 4.78 is 29.6. The first-order valence-electron chi connectivity index (χ1n) is 5.09. The highest BCUT2D eigenvalue weighted by atomic mass is 32.1. The van der Waals surface area contributed by atoms with Crippen molar-refractivity contribution in [1.82, 2.24) is 14.9 Å². The molecule has 3 nitrogen and oxygen atoms in total. The highest BCUT2D eigenvalue weighted by molar-refractivity contribution is 7.05. The summed E-state index contributed by atoms with van der Waals surface area (Å²) in [5, 5.41) is 6.86. The minimum Gasteiger partial charge on any atom is -0.312 e. The van der Waals surface area contributed by atoms with E-state index in [1.54, 1.807) is 12.3 Å². The van der Waals surface area contributed by atoms with Crippen LogP contribution in [0.5, 0.6) is 0 Å². The fraction of sp³-hybridized carbons (Fsp3) is 0.273. The minimum atomic E-state index is -0.825. The van der Waals surface area contributed by atoms with Crippen molar-refractivity contribution in [3.8, 4) is 0 Å².